The zero-order valence-corrected chi connectivity index (χ0v) is 19.7. The highest BCUT2D eigenvalue weighted by Gasteiger charge is 2.11. The van der Waals surface area contributed by atoms with Crippen LogP contribution in [0.25, 0.3) is 10.9 Å². The number of aromatic amines is 1. The number of aliphatic imine (C=N–C) groups is 1. The van der Waals surface area contributed by atoms with Gasteiger partial charge in [-0.25, -0.2) is 0 Å². The average molecular weight is 489 g/mol. The third kappa shape index (κ3) is 5.26. The summed E-state index contributed by atoms with van der Waals surface area (Å²) >= 11 is 3.42. The van der Waals surface area contributed by atoms with Gasteiger partial charge in [0.2, 0.25) is 5.96 Å². The summed E-state index contributed by atoms with van der Waals surface area (Å²) in [4.78, 5) is 20.8. The first-order valence-electron chi connectivity index (χ1n) is 10.5. The Morgan fingerprint density at radius 3 is 2.69 bits per heavy atom. The van der Waals surface area contributed by atoms with E-state index in [2.05, 4.69) is 56.7 Å². The van der Waals surface area contributed by atoms with Gasteiger partial charge in [0.15, 0.2) is 0 Å². The van der Waals surface area contributed by atoms with Gasteiger partial charge in [-0.2, -0.15) is 0 Å². The number of hydrogen-bond donors (Lipinski definition) is 3. The lowest BCUT2D eigenvalue weighted by Crippen LogP contribution is -2.36. The first kappa shape index (κ1) is 21.8. The van der Waals surface area contributed by atoms with Crippen LogP contribution in [-0.4, -0.2) is 23.4 Å². The fourth-order valence-corrected chi connectivity index (χ4v) is 4.03. The number of guanidine groups is 1. The number of amides is 1. The number of rotatable bonds is 5. The van der Waals surface area contributed by atoms with Crippen molar-refractivity contribution >= 4 is 44.4 Å². The smallest absolute Gasteiger partial charge is 0.257 e. The number of H-pyrrole nitrogens is 1. The Hall–Kier alpha value is -3.38. The van der Waals surface area contributed by atoms with Gasteiger partial charge in [0, 0.05) is 39.4 Å². The van der Waals surface area contributed by atoms with Crippen molar-refractivity contribution in [3.63, 3.8) is 0 Å². The summed E-state index contributed by atoms with van der Waals surface area (Å²) in [6, 6.07) is 21.7. The Labute approximate surface area is 196 Å². The largest absolute Gasteiger partial charge is 0.361 e. The van der Waals surface area contributed by atoms with Crippen molar-refractivity contribution in [2.24, 2.45) is 4.99 Å². The summed E-state index contributed by atoms with van der Waals surface area (Å²) in [5.74, 6) is 0.219. The van der Waals surface area contributed by atoms with Gasteiger partial charge in [0.1, 0.15) is 0 Å². The second-order valence-electron chi connectivity index (χ2n) is 7.75. The van der Waals surface area contributed by atoms with E-state index in [9.17, 15) is 4.79 Å². The van der Waals surface area contributed by atoms with Crippen LogP contribution in [0.15, 0.2) is 82.4 Å². The number of hydrogen-bond acceptors (Lipinski definition) is 2. The Bertz CT molecular complexity index is 1290. The molecule has 0 atom stereocenters. The molecule has 0 bridgehead atoms. The van der Waals surface area contributed by atoms with Crippen molar-refractivity contribution in [3.05, 3.63) is 99.7 Å². The monoisotopic (exact) mass is 488 g/mol. The molecule has 0 unspecified atom stereocenters. The van der Waals surface area contributed by atoms with Crippen LogP contribution in [0.1, 0.15) is 27.0 Å². The van der Waals surface area contributed by atoms with E-state index in [0.717, 1.165) is 27.7 Å². The number of aromatic nitrogens is 1. The third-order valence-corrected chi connectivity index (χ3v) is 5.77. The molecule has 0 saturated carbocycles. The molecular formula is C26H25BrN4O. The van der Waals surface area contributed by atoms with Gasteiger partial charge in [-0.15, -0.1) is 0 Å². The second kappa shape index (κ2) is 9.83. The summed E-state index contributed by atoms with van der Waals surface area (Å²) in [6.45, 7) is 4.63. The number of para-hydroxylation sites is 1. The molecule has 0 aliphatic heterocycles. The van der Waals surface area contributed by atoms with Crippen LogP contribution < -0.4 is 10.6 Å². The topological polar surface area (TPSA) is 69.3 Å². The number of nitrogens with zero attached hydrogens (tertiary/aromatic N) is 1. The van der Waals surface area contributed by atoms with Gasteiger partial charge in [0.25, 0.3) is 5.91 Å². The summed E-state index contributed by atoms with van der Waals surface area (Å²) in [5.41, 5.74) is 6.06. The molecule has 0 radical (unpaired) electrons. The molecule has 1 amide bonds. The minimum atomic E-state index is -0.214. The lowest BCUT2D eigenvalue weighted by atomic mass is 10.1. The summed E-state index contributed by atoms with van der Waals surface area (Å²) in [5, 5.41) is 7.44. The molecular weight excluding hydrogens is 464 g/mol. The molecule has 162 valence electrons. The van der Waals surface area contributed by atoms with E-state index < -0.39 is 0 Å². The van der Waals surface area contributed by atoms with Gasteiger partial charge in [-0.05, 0) is 61.7 Å². The van der Waals surface area contributed by atoms with Gasteiger partial charge in [-0.3, -0.25) is 15.1 Å². The van der Waals surface area contributed by atoms with E-state index in [1.54, 1.807) is 12.1 Å². The molecule has 4 rings (SSSR count). The Morgan fingerprint density at radius 1 is 1.03 bits per heavy atom. The fourth-order valence-electron chi connectivity index (χ4n) is 3.63. The Balaban J connectivity index is 1.54. The average Bonchev–Trinajstić information content (AvgIpc) is 3.18. The van der Waals surface area contributed by atoms with Crippen molar-refractivity contribution < 1.29 is 4.79 Å². The van der Waals surface area contributed by atoms with Crippen LogP contribution in [0.2, 0.25) is 0 Å². The van der Waals surface area contributed by atoms with Crippen molar-refractivity contribution in [3.8, 4) is 0 Å². The van der Waals surface area contributed by atoms with Crippen LogP contribution in [0.5, 0.6) is 0 Å². The van der Waals surface area contributed by atoms with Gasteiger partial charge in [-0.1, -0.05) is 57.9 Å². The summed E-state index contributed by atoms with van der Waals surface area (Å²) in [7, 11) is 0. The highest BCUT2D eigenvalue weighted by molar-refractivity contribution is 9.10. The van der Waals surface area contributed by atoms with E-state index in [1.165, 1.54) is 16.5 Å². The molecule has 1 heterocycles. The number of nitrogens with one attached hydrogen (secondary N) is 3. The van der Waals surface area contributed by atoms with Gasteiger partial charge in [0.05, 0.1) is 0 Å². The van der Waals surface area contributed by atoms with Crippen LogP contribution in [0.4, 0.5) is 5.69 Å². The summed E-state index contributed by atoms with van der Waals surface area (Å²) in [6.07, 6.45) is 2.78. The minimum absolute atomic E-state index is 0.214. The fraction of sp³-hybridized carbons (Fsp3) is 0.154. The lowest BCUT2D eigenvalue weighted by Gasteiger charge is -2.14. The zero-order chi connectivity index (χ0) is 22.5. The number of aryl methyl sites for hydroxylation is 2. The number of carbonyl (C=O) groups excluding carboxylic acids is 1. The maximum Gasteiger partial charge on any atom is 0.257 e. The number of carbonyl (C=O) groups is 1. The minimum Gasteiger partial charge on any atom is -0.361 e. The number of benzene rings is 3. The maximum atomic E-state index is 12.8. The molecule has 6 heteroatoms. The SMILES string of the molecule is Cc1ccc(NC(=NCCc2c[nH]c3ccccc23)NC(=O)c2cccc(Br)c2)c(C)c1. The Kier molecular flexibility index (Phi) is 6.71. The molecule has 3 N–H and O–H groups in total. The first-order valence-corrected chi connectivity index (χ1v) is 11.3. The van der Waals surface area contributed by atoms with Gasteiger partial charge < -0.3 is 10.3 Å². The molecule has 5 nitrogen and oxygen atoms in total. The molecule has 3 aromatic carbocycles. The quantitative estimate of drug-likeness (QED) is 0.238. The Morgan fingerprint density at radius 2 is 1.88 bits per heavy atom. The molecule has 4 aromatic rings. The first-order chi connectivity index (χ1) is 15.5. The van der Waals surface area contributed by atoms with E-state index in [1.807, 2.05) is 49.5 Å². The van der Waals surface area contributed by atoms with Gasteiger partial charge >= 0.3 is 0 Å². The molecule has 1 aromatic heterocycles. The van der Waals surface area contributed by atoms with E-state index in [4.69, 9.17) is 4.99 Å². The number of anilines is 1. The zero-order valence-electron chi connectivity index (χ0n) is 18.1. The number of halogens is 1. The second-order valence-corrected chi connectivity index (χ2v) is 8.66. The predicted molar refractivity (Wildman–Crippen MR) is 135 cm³/mol. The standard InChI is InChI=1S/C26H25BrN4O/c1-17-10-11-23(18(2)14-17)30-26(31-25(32)19-6-5-7-21(27)15-19)28-13-12-20-16-29-24-9-4-3-8-22(20)24/h3-11,14-16,29H,12-13H2,1-2H3,(H2,28,30,31,32). The van der Waals surface area contributed by atoms with Crippen LogP contribution in [0.3, 0.4) is 0 Å². The highest BCUT2D eigenvalue weighted by Crippen LogP contribution is 2.19. The maximum absolute atomic E-state index is 12.8. The van der Waals surface area contributed by atoms with Crippen LogP contribution >= 0.6 is 15.9 Å². The van der Waals surface area contributed by atoms with Crippen molar-refractivity contribution in [2.75, 3.05) is 11.9 Å². The molecule has 0 aliphatic rings. The lowest BCUT2D eigenvalue weighted by molar-refractivity contribution is 0.0977. The molecule has 0 spiro atoms. The normalized spacial score (nSPS) is 11.5. The van der Waals surface area contributed by atoms with E-state index >= 15 is 0 Å². The highest BCUT2D eigenvalue weighted by atomic mass is 79.9. The molecule has 0 saturated heterocycles. The number of fused-ring (bicyclic) bond motifs is 1. The van der Waals surface area contributed by atoms with E-state index in [0.29, 0.717) is 18.1 Å². The predicted octanol–water partition coefficient (Wildman–Crippen LogP) is 5.99. The van der Waals surface area contributed by atoms with Crippen molar-refractivity contribution in [2.45, 2.75) is 20.3 Å². The summed E-state index contributed by atoms with van der Waals surface area (Å²) < 4.78 is 0.852. The molecule has 0 fully saturated rings. The van der Waals surface area contributed by atoms with E-state index in [-0.39, 0.29) is 5.91 Å². The van der Waals surface area contributed by atoms with Crippen molar-refractivity contribution in [1.29, 1.82) is 0 Å². The molecule has 32 heavy (non-hydrogen) atoms. The van der Waals surface area contributed by atoms with Crippen LogP contribution in [0, 0.1) is 13.8 Å². The van der Waals surface area contributed by atoms with Crippen LogP contribution in [-0.2, 0) is 6.42 Å². The van der Waals surface area contributed by atoms with Crippen molar-refractivity contribution in [1.82, 2.24) is 10.3 Å². The molecule has 0 aliphatic carbocycles. The third-order valence-electron chi connectivity index (χ3n) is 5.28.